The molecule has 2 heterocycles. The third-order valence-corrected chi connectivity index (χ3v) is 3.48. The molecule has 1 atom stereocenters. The summed E-state index contributed by atoms with van der Waals surface area (Å²) in [4.78, 5) is 8.22. The maximum absolute atomic E-state index is 5.66. The highest BCUT2D eigenvalue weighted by molar-refractivity contribution is 5.40. The maximum Gasteiger partial charge on any atom is 0.224 e. The lowest BCUT2D eigenvalue weighted by Crippen LogP contribution is -2.23. The first kappa shape index (κ1) is 13.6. The number of nitrogens with one attached hydrogen (secondary N) is 1. The van der Waals surface area contributed by atoms with Gasteiger partial charge >= 0.3 is 0 Å². The molecule has 1 aromatic heterocycles. The molecule has 110 valence electrons. The maximum atomic E-state index is 5.66. The number of hydrogen-bond donors (Lipinski definition) is 1. The summed E-state index contributed by atoms with van der Waals surface area (Å²) >= 11 is 0. The summed E-state index contributed by atoms with van der Waals surface area (Å²) in [5.74, 6) is 1.96. The van der Waals surface area contributed by atoms with Gasteiger partial charge in [0.15, 0.2) is 0 Å². The molecule has 0 aliphatic carbocycles. The molecule has 1 unspecified atom stereocenters. The summed E-state index contributed by atoms with van der Waals surface area (Å²) in [5, 5.41) is 3.44. The van der Waals surface area contributed by atoms with Crippen LogP contribution in [0.4, 0.5) is 0 Å². The molecule has 3 rings (SSSR count). The SMILES string of the molecule is COc1ncnc(OC)c1CNC1COc2ccccc21. The van der Waals surface area contributed by atoms with Crippen molar-refractivity contribution >= 4 is 0 Å². The summed E-state index contributed by atoms with van der Waals surface area (Å²) in [7, 11) is 3.17. The van der Waals surface area contributed by atoms with Crippen LogP contribution >= 0.6 is 0 Å². The van der Waals surface area contributed by atoms with Gasteiger partial charge in [0.05, 0.1) is 25.8 Å². The van der Waals surface area contributed by atoms with Gasteiger partial charge in [0.1, 0.15) is 18.7 Å². The van der Waals surface area contributed by atoms with Gasteiger partial charge in [0.25, 0.3) is 0 Å². The van der Waals surface area contributed by atoms with E-state index in [1.807, 2.05) is 18.2 Å². The Morgan fingerprint density at radius 3 is 2.62 bits per heavy atom. The number of methoxy groups -OCH3 is 2. The van der Waals surface area contributed by atoms with Gasteiger partial charge in [-0.05, 0) is 6.07 Å². The van der Waals surface area contributed by atoms with Gasteiger partial charge in [0.2, 0.25) is 11.8 Å². The molecule has 21 heavy (non-hydrogen) atoms. The molecule has 0 spiro atoms. The zero-order valence-electron chi connectivity index (χ0n) is 12.0. The van der Waals surface area contributed by atoms with Crippen molar-refractivity contribution < 1.29 is 14.2 Å². The Bertz CT molecular complexity index is 611. The highest BCUT2D eigenvalue weighted by Crippen LogP contribution is 2.32. The van der Waals surface area contributed by atoms with Crippen molar-refractivity contribution in [2.24, 2.45) is 0 Å². The Kier molecular flexibility index (Phi) is 3.87. The number of fused-ring (bicyclic) bond motifs is 1. The first-order chi connectivity index (χ1) is 10.3. The second-order valence-electron chi connectivity index (χ2n) is 4.65. The standard InChI is InChI=1S/C15H17N3O3/c1-19-14-11(15(20-2)18-9-17-14)7-16-12-8-21-13-6-4-3-5-10(12)13/h3-6,9,12,16H,7-8H2,1-2H3. The lowest BCUT2D eigenvalue weighted by molar-refractivity contribution is 0.306. The summed E-state index contributed by atoms with van der Waals surface area (Å²) in [5.41, 5.74) is 1.96. The second-order valence-corrected chi connectivity index (χ2v) is 4.65. The van der Waals surface area contributed by atoms with Gasteiger partial charge in [0, 0.05) is 12.1 Å². The van der Waals surface area contributed by atoms with Crippen LogP contribution in [0.5, 0.6) is 17.5 Å². The molecule has 6 nitrogen and oxygen atoms in total. The molecule has 0 saturated heterocycles. The van der Waals surface area contributed by atoms with Crippen LogP contribution in [0.2, 0.25) is 0 Å². The van der Waals surface area contributed by atoms with Crippen LogP contribution in [0, 0.1) is 0 Å². The van der Waals surface area contributed by atoms with Gasteiger partial charge in [-0.2, -0.15) is 0 Å². The highest BCUT2D eigenvalue weighted by Gasteiger charge is 2.24. The van der Waals surface area contributed by atoms with Crippen LogP contribution in [0.3, 0.4) is 0 Å². The van der Waals surface area contributed by atoms with Crippen LogP contribution < -0.4 is 19.5 Å². The molecule has 0 amide bonds. The first-order valence-electron chi connectivity index (χ1n) is 6.70. The van der Waals surface area contributed by atoms with Crippen LogP contribution in [0.1, 0.15) is 17.2 Å². The van der Waals surface area contributed by atoms with E-state index in [4.69, 9.17) is 14.2 Å². The summed E-state index contributed by atoms with van der Waals surface area (Å²) < 4.78 is 16.2. The Morgan fingerprint density at radius 1 is 1.19 bits per heavy atom. The Balaban J connectivity index is 1.77. The van der Waals surface area contributed by atoms with E-state index in [0.29, 0.717) is 24.9 Å². The Labute approximate surface area is 123 Å². The van der Waals surface area contributed by atoms with Crippen LogP contribution in [-0.4, -0.2) is 30.8 Å². The number of aromatic nitrogens is 2. The third kappa shape index (κ3) is 2.62. The fraction of sp³-hybridized carbons (Fsp3) is 0.333. The minimum absolute atomic E-state index is 0.135. The fourth-order valence-corrected chi connectivity index (χ4v) is 2.44. The van der Waals surface area contributed by atoms with E-state index in [1.54, 1.807) is 14.2 Å². The van der Waals surface area contributed by atoms with Gasteiger partial charge in [-0.15, -0.1) is 0 Å². The van der Waals surface area contributed by atoms with Crippen molar-refractivity contribution in [3.8, 4) is 17.5 Å². The minimum atomic E-state index is 0.135. The third-order valence-electron chi connectivity index (χ3n) is 3.48. The zero-order chi connectivity index (χ0) is 14.7. The lowest BCUT2D eigenvalue weighted by Gasteiger charge is -2.14. The molecular formula is C15H17N3O3. The van der Waals surface area contributed by atoms with Gasteiger partial charge in [-0.3, -0.25) is 0 Å². The number of hydrogen-bond acceptors (Lipinski definition) is 6. The largest absolute Gasteiger partial charge is 0.491 e. The average Bonchev–Trinajstić information content (AvgIpc) is 2.95. The molecule has 1 aliphatic rings. The van der Waals surface area contributed by atoms with Gasteiger partial charge < -0.3 is 19.5 Å². The molecule has 0 fully saturated rings. The summed E-state index contributed by atoms with van der Waals surface area (Å²) in [6.45, 7) is 1.15. The predicted molar refractivity (Wildman–Crippen MR) is 76.7 cm³/mol. The number of ether oxygens (including phenoxy) is 3. The first-order valence-corrected chi connectivity index (χ1v) is 6.70. The lowest BCUT2D eigenvalue weighted by atomic mass is 10.1. The van der Waals surface area contributed by atoms with Crippen molar-refractivity contribution in [3.05, 3.63) is 41.7 Å². The van der Waals surface area contributed by atoms with E-state index < -0.39 is 0 Å². The number of nitrogens with zero attached hydrogens (tertiary/aromatic N) is 2. The smallest absolute Gasteiger partial charge is 0.224 e. The quantitative estimate of drug-likeness (QED) is 0.903. The highest BCUT2D eigenvalue weighted by atomic mass is 16.5. The molecule has 0 saturated carbocycles. The molecule has 1 aliphatic heterocycles. The van der Waals surface area contributed by atoms with Crippen molar-refractivity contribution in [2.45, 2.75) is 12.6 Å². The molecular weight excluding hydrogens is 270 g/mol. The number of para-hydroxylation sites is 1. The molecule has 0 radical (unpaired) electrons. The van der Waals surface area contributed by atoms with E-state index in [-0.39, 0.29) is 6.04 Å². The topological polar surface area (TPSA) is 65.5 Å². The van der Waals surface area contributed by atoms with Crippen molar-refractivity contribution in [1.29, 1.82) is 0 Å². The Hall–Kier alpha value is -2.34. The minimum Gasteiger partial charge on any atom is -0.491 e. The molecule has 6 heteroatoms. The van der Waals surface area contributed by atoms with Crippen LogP contribution in [0.25, 0.3) is 0 Å². The van der Waals surface area contributed by atoms with Crippen molar-refractivity contribution in [1.82, 2.24) is 15.3 Å². The monoisotopic (exact) mass is 287 g/mol. The van der Waals surface area contributed by atoms with E-state index in [1.165, 1.54) is 6.33 Å². The summed E-state index contributed by atoms with van der Waals surface area (Å²) in [6, 6.07) is 8.16. The van der Waals surface area contributed by atoms with Crippen molar-refractivity contribution in [3.63, 3.8) is 0 Å². The van der Waals surface area contributed by atoms with Crippen LogP contribution in [-0.2, 0) is 6.54 Å². The fourth-order valence-electron chi connectivity index (χ4n) is 2.44. The zero-order valence-corrected chi connectivity index (χ0v) is 12.0. The van der Waals surface area contributed by atoms with Crippen LogP contribution in [0.15, 0.2) is 30.6 Å². The van der Waals surface area contributed by atoms with E-state index in [2.05, 4.69) is 21.4 Å². The van der Waals surface area contributed by atoms with Crippen molar-refractivity contribution in [2.75, 3.05) is 20.8 Å². The van der Waals surface area contributed by atoms with E-state index >= 15 is 0 Å². The Morgan fingerprint density at radius 2 is 1.90 bits per heavy atom. The molecule has 1 aromatic carbocycles. The van der Waals surface area contributed by atoms with E-state index in [9.17, 15) is 0 Å². The second kappa shape index (κ2) is 5.97. The van der Waals surface area contributed by atoms with E-state index in [0.717, 1.165) is 16.9 Å². The summed E-state index contributed by atoms with van der Waals surface area (Å²) in [6.07, 6.45) is 1.43. The molecule has 1 N–H and O–H groups in total. The molecule has 2 aromatic rings. The van der Waals surface area contributed by atoms with Gasteiger partial charge in [-0.25, -0.2) is 9.97 Å². The van der Waals surface area contributed by atoms with Gasteiger partial charge in [-0.1, -0.05) is 18.2 Å². The normalized spacial score (nSPS) is 16.2. The number of benzene rings is 1. The molecule has 0 bridgehead atoms. The average molecular weight is 287 g/mol. The predicted octanol–water partition coefficient (Wildman–Crippen LogP) is 1.72. The number of rotatable bonds is 5.